The van der Waals surface area contributed by atoms with Gasteiger partial charge >= 0.3 is 0 Å². The number of hydrogen-bond acceptors (Lipinski definition) is 1. The molecule has 16 heavy (non-hydrogen) atoms. The van der Waals surface area contributed by atoms with Crippen LogP contribution in [-0.4, -0.2) is 11.7 Å². The van der Waals surface area contributed by atoms with Gasteiger partial charge in [-0.1, -0.05) is 42.5 Å². The van der Waals surface area contributed by atoms with Crippen molar-refractivity contribution in [2.75, 3.05) is 6.54 Å². The monoisotopic (exact) mass is 234 g/mol. The molecule has 1 rings (SSSR count). The normalized spacial score (nSPS) is 11.6. The first-order chi connectivity index (χ1) is 7.59. The Labute approximate surface area is 103 Å². The minimum absolute atomic E-state index is 0.214. The molecule has 0 aliphatic carbocycles. The Balaban J connectivity index is 2.43. The maximum Gasteiger partial charge on any atom is 0.167 e. The molecule has 2 nitrogen and oxygen atoms in total. The quantitative estimate of drug-likeness (QED) is 0.619. The van der Waals surface area contributed by atoms with Crippen LogP contribution >= 0.6 is 12.2 Å². The van der Waals surface area contributed by atoms with Crippen LogP contribution in [0.25, 0.3) is 0 Å². The van der Waals surface area contributed by atoms with Crippen LogP contribution < -0.4 is 10.6 Å². The van der Waals surface area contributed by atoms with Crippen LogP contribution in [0.2, 0.25) is 0 Å². The summed E-state index contributed by atoms with van der Waals surface area (Å²) in [4.78, 5) is 0. The van der Waals surface area contributed by atoms with Gasteiger partial charge in [-0.2, -0.15) is 0 Å². The molecule has 0 aliphatic heterocycles. The average Bonchev–Trinajstić information content (AvgIpc) is 2.27. The second-order valence-electron chi connectivity index (χ2n) is 3.92. The van der Waals surface area contributed by atoms with E-state index in [2.05, 4.69) is 36.3 Å². The van der Waals surface area contributed by atoms with Crippen molar-refractivity contribution in [1.29, 1.82) is 0 Å². The van der Waals surface area contributed by atoms with E-state index in [0.717, 1.165) is 5.57 Å². The van der Waals surface area contributed by atoms with E-state index in [0.29, 0.717) is 11.7 Å². The molecule has 0 bridgehead atoms. The van der Waals surface area contributed by atoms with E-state index in [1.54, 1.807) is 0 Å². The molecule has 0 amide bonds. The van der Waals surface area contributed by atoms with Gasteiger partial charge in [-0.05, 0) is 31.6 Å². The lowest BCUT2D eigenvalue weighted by atomic mass is 10.1. The average molecular weight is 234 g/mol. The smallest absolute Gasteiger partial charge is 0.167 e. The van der Waals surface area contributed by atoms with Crippen molar-refractivity contribution >= 4 is 17.3 Å². The number of nitrogens with one attached hydrogen (secondary N) is 2. The third kappa shape index (κ3) is 4.45. The van der Waals surface area contributed by atoms with E-state index in [9.17, 15) is 0 Å². The Morgan fingerprint density at radius 2 is 2.00 bits per heavy atom. The molecule has 0 unspecified atom stereocenters. The van der Waals surface area contributed by atoms with Crippen molar-refractivity contribution in [3.05, 3.63) is 48.0 Å². The van der Waals surface area contributed by atoms with Crippen LogP contribution in [0.1, 0.15) is 25.5 Å². The third-order valence-electron chi connectivity index (χ3n) is 2.20. The number of rotatable bonds is 4. The second-order valence-corrected chi connectivity index (χ2v) is 4.32. The van der Waals surface area contributed by atoms with Gasteiger partial charge in [0.25, 0.3) is 0 Å². The predicted octanol–water partition coefficient (Wildman–Crippen LogP) is 2.79. The van der Waals surface area contributed by atoms with Crippen LogP contribution in [0.5, 0.6) is 0 Å². The lowest BCUT2D eigenvalue weighted by Crippen LogP contribution is -2.37. The van der Waals surface area contributed by atoms with E-state index < -0.39 is 0 Å². The van der Waals surface area contributed by atoms with Crippen molar-refractivity contribution in [2.24, 2.45) is 0 Å². The molecule has 2 N–H and O–H groups in total. The van der Waals surface area contributed by atoms with Crippen LogP contribution in [0.15, 0.2) is 42.5 Å². The first-order valence-electron chi connectivity index (χ1n) is 5.33. The molecule has 86 valence electrons. The molecule has 0 radical (unpaired) electrons. The van der Waals surface area contributed by atoms with Gasteiger partial charge in [-0.15, -0.1) is 0 Å². The van der Waals surface area contributed by atoms with E-state index in [4.69, 9.17) is 12.2 Å². The van der Waals surface area contributed by atoms with Gasteiger partial charge in [0.05, 0.1) is 6.04 Å². The topological polar surface area (TPSA) is 24.1 Å². The minimum atomic E-state index is 0.214. The fraction of sp³-hybridized carbons (Fsp3) is 0.308. The van der Waals surface area contributed by atoms with Crippen molar-refractivity contribution < 1.29 is 0 Å². The summed E-state index contributed by atoms with van der Waals surface area (Å²) in [5, 5.41) is 7.00. The zero-order valence-electron chi connectivity index (χ0n) is 9.79. The lowest BCUT2D eigenvalue weighted by Gasteiger charge is -2.17. The molecule has 1 aromatic carbocycles. The molecular weight excluding hydrogens is 216 g/mol. The molecule has 1 atom stereocenters. The fourth-order valence-electron chi connectivity index (χ4n) is 1.30. The summed E-state index contributed by atoms with van der Waals surface area (Å²) in [5.74, 6) is 0. The standard InChI is InChI=1S/C13H18N2S/c1-10(2)9-14-13(16)15-11(3)12-7-5-4-6-8-12/h4-8,11H,1,9H2,2-3H3,(H2,14,15,16)/t11-/m1/s1. The molecule has 0 aliphatic rings. The second kappa shape index (κ2) is 6.28. The third-order valence-corrected chi connectivity index (χ3v) is 2.46. The Bertz CT molecular complexity index is 359. The maximum absolute atomic E-state index is 5.19. The molecule has 0 fully saturated rings. The minimum Gasteiger partial charge on any atom is -0.359 e. The first-order valence-corrected chi connectivity index (χ1v) is 5.74. The van der Waals surface area contributed by atoms with E-state index in [-0.39, 0.29) is 6.04 Å². The number of hydrogen-bond donors (Lipinski definition) is 2. The molecule has 0 saturated heterocycles. The van der Waals surface area contributed by atoms with Crippen molar-refractivity contribution in [3.8, 4) is 0 Å². The van der Waals surface area contributed by atoms with E-state index in [1.807, 2.05) is 25.1 Å². The van der Waals surface area contributed by atoms with E-state index >= 15 is 0 Å². The Hall–Kier alpha value is -1.35. The van der Waals surface area contributed by atoms with Crippen LogP contribution in [0, 0.1) is 0 Å². The first kappa shape index (κ1) is 12.7. The van der Waals surface area contributed by atoms with Gasteiger partial charge < -0.3 is 10.6 Å². The largest absolute Gasteiger partial charge is 0.359 e. The Kier molecular flexibility index (Phi) is 4.99. The number of thiocarbonyl (C=S) groups is 1. The van der Waals surface area contributed by atoms with Gasteiger partial charge in [-0.3, -0.25) is 0 Å². The highest BCUT2D eigenvalue weighted by atomic mass is 32.1. The van der Waals surface area contributed by atoms with Gasteiger partial charge in [0, 0.05) is 6.54 Å². The summed E-state index contributed by atoms with van der Waals surface area (Å²) in [5.41, 5.74) is 2.29. The highest BCUT2D eigenvalue weighted by Crippen LogP contribution is 2.10. The predicted molar refractivity (Wildman–Crippen MR) is 73.4 cm³/mol. The van der Waals surface area contributed by atoms with Crippen LogP contribution in [0.4, 0.5) is 0 Å². The molecular formula is C13H18N2S. The van der Waals surface area contributed by atoms with Crippen molar-refractivity contribution in [3.63, 3.8) is 0 Å². The summed E-state index contributed by atoms with van der Waals surface area (Å²) in [7, 11) is 0. The van der Waals surface area contributed by atoms with Crippen molar-refractivity contribution in [1.82, 2.24) is 10.6 Å². The molecule has 0 aromatic heterocycles. The molecule has 1 aromatic rings. The molecule has 0 saturated carbocycles. The van der Waals surface area contributed by atoms with Crippen LogP contribution in [0.3, 0.4) is 0 Å². The fourth-order valence-corrected chi connectivity index (χ4v) is 1.55. The molecule has 0 heterocycles. The van der Waals surface area contributed by atoms with Gasteiger partial charge in [0.2, 0.25) is 0 Å². The summed E-state index contributed by atoms with van der Waals surface area (Å²) in [6, 6.07) is 10.4. The van der Waals surface area contributed by atoms with Gasteiger partial charge in [0.1, 0.15) is 0 Å². The van der Waals surface area contributed by atoms with Crippen molar-refractivity contribution in [2.45, 2.75) is 19.9 Å². The Morgan fingerprint density at radius 3 is 2.56 bits per heavy atom. The van der Waals surface area contributed by atoms with Gasteiger partial charge in [0.15, 0.2) is 5.11 Å². The number of benzene rings is 1. The Morgan fingerprint density at radius 1 is 1.38 bits per heavy atom. The highest BCUT2D eigenvalue weighted by molar-refractivity contribution is 7.80. The lowest BCUT2D eigenvalue weighted by molar-refractivity contribution is 0.704. The maximum atomic E-state index is 5.19. The highest BCUT2D eigenvalue weighted by Gasteiger charge is 2.05. The van der Waals surface area contributed by atoms with Crippen LogP contribution in [-0.2, 0) is 0 Å². The summed E-state index contributed by atoms with van der Waals surface area (Å²) < 4.78 is 0. The molecule has 3 heteroatoms. The molecule has 0 spiro atoms. The SMILES string of the molecule is C=C(C)CNC(=S)N[C@H](C)c1ccccc1. The zero-order valence-corrected chi connectivity index (χ0v) is 10.6. The van der Waals surface area contributed by atoms with Gasteiger partial charge in [-0.25, -0.2) is 0 Å². The summed E-state index contributed by atoms with van der Waals surface area (Å²) in [6.07, 6.45) is 0. The summed E-state index contributed by atoms with van der Waals surface area (Å²) >= 11 is 5.19. The van der Waals surface area contributed by atoms with E-state index in [1.165, 1.54) is 5.56 Å². The summed E-state index contributed by atoms with van der Waals surface area (Å²) in [6.45, 7) is 8.59. The zero-order chi connectivity index (χ0) is 12.0.